The van der Waals surface area contributed by atoms with E-state index in [2.05, 4.69) is 15.9 Å². The Morgan fingerprint density at radius 2 is 1.52 bits per heavy atom. The highest BCUT2D eigenvalue weighted by Crippen LogP contribution is 2.08. The predicted octanol–water partition coefficient (Wildman–Crippen LogP) is 5.29. The second kappa shape index (κ2) is 12.9. The maximum atomic E-state index is 11.6. The number of hydrogen-bond acceptors (Lipinski definition) is 2. The van der Waals surface area contributed by atoms with Gasteiger partial charge in [-0.1, -0.05) is 78.4 Å². The number of carbonyl (C=O) groups is 1. The molecule has 0 radical (unpaired) electrons. The zero-order chi connectivity index (χ0) is 15.2. The summed E-state index contributed by atoms with van der Waals surface area (Å²) in [4.78, 5) is 11.6. The van der Waals surface area contributed by atoms with E-state index in [-0.39, 0.29) is 5.97 Å². The maximum absolute atomic E-state index is 11.6. The van der Waals surface area contributed by atoms with Gasteiger partial charge in [-0.05, 0) is 24.8 Å². The van der Waals surface area contributed by atoms with E-state index in [1.165, 1.54) is 44.1 Å². The Morgan fingerprint density at radius 1 is 0.905 bits per heavy atom. The first-order valence-electron chi connectivity index (χ1n) is 8.08. The molecule has 1 aromatic carbocycles. The Labute approximate surface area is 137 Å². The van der Waals surface area contributed by atoms with Crippen LogP contribution in [-0.2, 0) is 16.0 Å². The van der Waals surface area contributed by atoms with Gasteiger partial charge in [0.15, 0.2) is 0 Å². The average Bonchev–Trinajstić information content (AvgIpc) is 2.52. The first-order chi connectivity index (χ1) is 10.3. The Bertz CT molecular complexity index is 365. The molecule has 1 rings (SSSR count). The summed E-state index contributed by atoms with van der Waals surface area (Å²) < 4.78 is 5.26. The van der Waals surface area contributed by atoms with Crippen LogP contribution < -0.4 is 0 Å². The lowest BCUT2D eigenvalue weighted by atomic mass is 10.1. The molecule has 0 bridgehead atoms. The molecule has 21 heavy (non-hydrogen) atoms. The van der Waals surface area contributed by atoms with Gasteiger partial charge in [0.1, 0.15) is 0 Å². The molecule has 0 saturated heterocycles. The summed E-state index contributed by atoms with van der Waals surface area (Å²) in [5.41, 5.74) is 1.19. The first-order valence-corrected chi connectivity index (χ1v) is 9.20. The number of rotatable bonds is 12. The van der Waals surface area contributed by atoms with E-state index >= 15 is 0 Å². The summed E-state index contributed by atoms with van der Waals surface area (Å²) in [6.45, 7) is 0.578. The molecule has 0 aliphatic rings. The standard InChI is InChI=1S/C18H27BrO2/c19-15-9-4-2-1-3-5-10-16-21-18(20)14-13-17-11-7-6-8-12-17/h6-8,11-12H,1-5,9-10,13-16H2. The molecule has 0 aliphatic heterocycles. The normalized spacial score (nSPS) is 10.5. The van der Waals surface area contributed by atoms with Gasteiger partial charge in [0, 0.05) is 11.8 Å². The number of esters is 1. The van der Waals surface area contributed by atoms with Gasteiger partial charge in [-0.2, -0.15) is 0 Å². The van der Waals surface area contributed by atoms with Crippen molar-refractivity contribution in [3.8, 4) is 0 Å². The second-order valence-electron chi connectivity index (χ2n) is 5.37. The van der Waals surface area contributed by atoms with Gasteiger partial charge in [-0.15, -0.1) is 0 Å². The molecule has 0 aliphatic carbocycles. The molecule has 0 unspecified atom stereocenters. The number of hydrogen-bond donors (Lipinski definition) is 0. The van der Waals surface area contributed by atoms with Gasteiger partial charge in [-0.25, -0.2) is 0 Å². The lowest BCUT2D eigenvalue weighted by molar-refractivity contribution is -0.143. The SMILES string of the molecule is O=C(CCc1ccccc1)OCCCCCCCCCBr. The van der Waals surface area contributed by atoms with Gasteiger partial charge >= 0.3 is 5.97 Å². The second-order valence-corrected chi connectivity index (χ2v) is 6.16. The molecule has 118 valence electrons. The fourth-order valence-electron chi connectivity index (χ4n) is 2.23. The smallest absolute Gasteiger partial charge is 0.306 e. The van der Waals surface area contributed by atoms with Crippen LogP contribution in [0.1, 0.15) is 56.9 Å². The summed E-state index contributed by atoms with van der Waals surface area (Å²) in [6.07, 6.45) is 9.89. The minimum atomic E-state index is -0.0730. The number of unbranched alkanes of at least 4 members (excludes halogenated alkanes) is 6. The molecular weight excluding hydrogens is 328 g/mol. The largest absolute Gasteiger partial charge is 0.466 e. The van der Waals surface area contributed by atoms with E-state index in [0.717, 1.165) is 18.2 Å². The van der Waals surface area contributed by atoms with Crippen molar-refractivity contribution in [2.45, 2.75) is 57.8 Å². The third-order valence-electron chi connectivity index (χ3n) is 3.50. The van der Waals surface area contributed by atoms with Crippen LogP contribution in [0, 0.1) is 0 Å². The predicted molar refractivity (Wildman–Crippen MR) is 91.8 cm³/mol. The van der Waals surface area contributed by atoms with Crippen molar-refractivity contribution in [1.29, 1.82) is 0 Å². The van der Waals surface area contributed by atoms with E-state index in [0.29, 0.717) is 13.0 Å². The molecule has 0 saturated carbocycles. The topological polar surface area (TPSA) is 26.3 Å². The highest BCUT2D eigenvalue weighted by molar-refractivity contribution is 9.09. The molecule has 3 heteroatoms. The van der Waals surface area contributed by atoms with Crippen molar-refractivity contribution in [2.24, 2.45) is 0 Å². The Balaban J connectivity index is 1.89. The van der Waals surface area contributed by atoms with Crippen LogP contribution in [0.5, 0.6) is 0 Å². The minimum Gasteiger partial charge on any atom is -0.466 e. The molecule has 2 nitrogen and oxygen atoms in total. The van der Waals surface area contributed by atoms with Crippen molar-refractivity contribution in [2.75, 3.05) is 11.9 Å². The fourth-order valence-corrected chi connectivity index (χ4v) is 2.63. The summed E-state index contributed by atoms with van der Waals surface area (Å²) in [5, 5.41) is 1.12. The van der Waals surface area contributed by atoms with Crippen molar-refractivity contribution >= 4 is 21.9 Å². The van der Waals surface area contributed by atoms with Crippen molar-refractivity contribution < 1.29 is 9.53 Å². The average molecular weight is 355 g/mol. The van der Waals surface area contributed by atoms with Gasteiger partial charge in [-0.3, -0.25) is 4.79 Å². The highest BCUT2D eigenvalue weighted by atomic mass is 79.9. The van der Waals surface area contributed by atoms with Gasteiger partial charge in [0.05, 0.1) is 6.61 Å². The van der Waals surface area contributed by atoms with E-state index in [1.807, 2.05) is 30.3 Å². The van der Waals surface area contributed by atoms with E-state index < -0.39 is 0 Å². The first kappa shape index (κ1) is 18.2. The zero-order valence-electron chi connectivity index (χ0n) is 12.9. The number of halogens is 1. The summed E-state index contributed by atoms with van der Waals surface area (Å²) in [6, 6.07) is 10.1. The van der Waals surface area contributed by atoms with Crippen LogP contribution in [0.3, 0.4) is 0 Å². The quantitative estimate of drug-likeness (QED) is 0.289. The third-order valence-corrected chi connectivity index (χ3v) is 4.06. The summed E-state index contributed by atoms with van der Waals surface area (Å²) in [5.74, 6) is -0.0730. The van der Waals surface area contributed by atoms with Crippen LogP contribution in [0.4, 0.5) is 0 Å². The molecule has 0 spiro atoms. The molecule has 0 aromatic heterocycles. The Kier molecular flexibility index (Phi) is 11.2. The maximum Gasteiger partial charge on any atom is 0.306 e. The zero-order valence-corrected chi connectivity index (χ0v) is 14.4. The number of benzene rings is 1. The lowest BCUT2D eigenvalue weighted by Crippen LogP contribution is -2.07. The molecule has 0 amide bonds. The van der Waals surface area contributed by atoms with E-state index in [1.54, 1.807) is 0 Å². The van der Waals surface area contributed by atoms with E-state index in [9.17, 15) is 4.79 Å². The minimum absolute atomic E-state index is 0.0730. The Hall–Kier alpha value is -0.830. The number of carbonyl (C=O) groups excluding carboxylic acids is 1. The Morgan fingerprint density at radius 3 is 2.19 bits per heavy atom. The molecule has 0 fully saturated rings. The van der Waals surface area contributed by atoms with Crippen LogP contribution in [0.2, 0.25) is 0 Å². The summed E-state index contributed by atoms with van der Waals surface area (Å²) in [7, 11) is 0. The fraction of sp³-hybridized carbons (Fsp3) is 0.611. The lowest BCUT2D eigenvalue weighted by Gasteiger charge is -2.05. The molecule has 1 aromatic rings. The van der Waals surface area contributed by atoms with E-state index in [4.69, 9.17) is 4.74 Å². The van der Waals surface area contributed by atoms with Crippen molar-refractivity contribution in [3.63, 3.8) is 0 Å². The number of ether oxygens (including phenoxy) is 1. The third kappa shape index (κ3) is 10.5. The van der Waals surface area contributed by atoms with Crippen LogP contribution in [0.15, 0.2) is 30.3 Å². The number of aryl methyl sites for hydroxylation is 1. The van der Waals surface area contributed by atoms with Crippen molar-refractivity contribution in [3.05, 3.63) is 35.9 Å². The number of alkyl halides is 1. The monoisotopic (exact) mass is 354 g/mol. The molecule has 0 heterocycles. The van der Waals surface area contributed by atoms with Gasteiger partial charge < -0.3 is 4.74 Å². The van der Waals surface area contributed by atoms with Crippen LogP contribution >= 0.6 is 15.9 Å². The molecular formula is C18H27BrO2. The van der Waals surface area contributed by atoms with Crippen LogP contribution in [0.25, 0.3) is 0 Å². The molecule has 0 N–H and O–H groups in total. The van der Waals surface area contributed by atoms with Gasteiger partial charge in [0.2, 0.25) is 0 Å². The molecule has 0 atom stereocenters. The van der Waals surface area contributed by atoms with Crippen molar-refractivity contribution in [1.82, 2.24) is 0 Å². The highest BCUT2D eigenvalue weighted by Gasteiger charge is 2.03. The summed E-state index contributed by atoms with van der Waals surface area (Å²) >= 11 is 3.45. The van der Waals surface area contributed by atoms with Gasteiger partial charge in [0.25, 0.3) is 0 Å². The van der Waals surface area contributed by atoms with Crippen LogP contribution in [-0.4, -0.2) is 17.9 Å².